The van der Waals surface area contributed by atoms with Crippen LogP contribution in [0.3, 0.4) is 0 Å². The van der Waals surface area contributed by atoms with Crippen molar-refractivity contribution in [1.29, 1.82) is 0 Å². The van der Waals surface area contributed by atoms with Crippen LogP contribution < -0.4 is 5.73 Å². The molecule has 8 heteroatoms. The number of non-ortho nitro benzene ring substituents is 1. The maximum Gasteiger partial charge on any atom is 0.270 e. The molecule has 8 nitrogen and oxygen atoms in total. The Morgan fingerprint density at radius 1 is 0.875 bits per heavy atom. The molecule has 0 aliphatic heterocycles. The van der Waals surface area contributed by atoms with E-state index in [1.165, 1.54) is 18.2 Å². The first kappa shape index (κ1) is 26.9. The highest BCUT2D eigenvalue weighted by atomic mass is 16.6. The molecule has 0 unspecified atom stereocenters. The van der Waals surface area contributed by atoms with Gasteiger partial charge in [0.05, 0.1) is 4.92 Å². The molecule has 0 amide bonds. The third kappa shape index (κ3) is 8.95. The zero-order chi connectivity index (χ0) is 24.4. The largest absolute Gasteiger partial charge is 0.399 e. The molecule has 2 N–H and O–H groups in total. The van der Waals surface area contributed by atoms with Crippen LogP contribution in [0.1, 0.15) is 34.6 Å². The van der Waals surface area contributed by atoms with Gasteiger partial charge >= 0.3 is 0 Å². The fraction of sp³-hybridized carbons (Fsp3) is 0.417. The summed E-state index contributed by atoms with van der Waals surface area (Å²) in [5.41, 5.74) is 7.32. The molecule has 0 aromatic heterocycles. The van der Waals surface area contributed by atoms with Crippen LogP contribution in [0.15, 0.2) is 48.5 Å². The average molecular weight is 443 g/mol. The van der Waals surface area contributed by atoms with Gasteiger partial charge in [0.15, 0.2) is 11.6 Å². The SMILES string of the molecule is C[C@H](CN(C)C)C(=O)c1cccc(N)c1.C[C@H](CN(C)C)C(=O)c1cccc([N+](=O)[O-])c1. The van der Waals surface area contributed by atoms with Gasteiger partial charge < -0.3 is 15.5 Å². The quantitative estimate of drug-likeness (QED) is 0.273. The minimum atomic E-state index is -0.493. The van der Waals surface area contributed by atoms with E-state index in [0.717, 1.165) is 6.54 Å². The Bertz CT molecular complexity index is 928. The van der Waals surface area contributed by atoms with Crippen molar-refractivity contribution < 1.29 is 14.5 Å². The number of nitro groups is 1. The molecule has 0 heterocycles. The van der Waals surface area contributed by atoms with Gasteiger partial charge in [-0.2, -0.15) is 0 Å². The van der Waals surface area contributed by atoms with Crippen molar-refractivity contribution >= 4 is 22.9 Å². The molecule has 0 aliphatic rings. The number of Topliss-reactive ketones (excluding diaryl/α,β-unsaturated/α-hetero) is 2. The third-order valence-electron chi connectivity index (χ3n) is 4.69. The average Bonchev–Trinajstić information content (AvgIpc) is 2.72. The minimum Gasteiger partial charge on any atom is -0.399 e. The number of nitrogens with two attached hydrogens (primary N) is 1. The number of nitrogens with zero attached hydrogens (tertiary/aromatic N) is 3. The van der Waals surface area contributed by atoms with Crippen molar-refractivity contribution in [3.63, 3.8) is 0 Å². The zero-order valence-corrected chi connectivity index (χ0v) is 19.7. The predicted octanol–water partition coefficient (Wildman–Crippen LogP) is 3.62. The fourth-order valence-corrected chi connectivity index (χ4v) is 3.29. The molecule has 0 saturated carbocycles. The molecular formula is C24H34N4O4. The fourth-order valence-electron chi connectivity index (χ4n) is 3.29. The Morgan fingerprint density at radius 3 is 1.72 bits per heavy atom. The molecule has 2 aromatic rings. The Labute approximate surface area is 190 Å². The van der Waals surface area contributed by atoms with Gasteiger partial charge in [0.2, 0.25) is 0 Å². The first-order valence-electron chi connectivity index (χ1n) is 10.4. The number of hydrogen-bond donors (Lipinski definition) is 1. The number of ketones is 2. The minimum absolute atomic E-state index is 0.00167. The van der Waals surface area contributed by atoms with E-state index in [-0.39, 0.29) is 29.1 Å². The Morgan fingerprint density at radius 2 is 1.31 bits per heavy atom. The van der Waals surface area contributed by atoms with E-state index in [4.69, 9.17) is 5.73 Å². The van der Waals surface area contributed by atoms with Crippen molar-refractivity contribution in [3.8, 4) is 0 Å². The number of benzene rings is 2. The van der Waals surface area contributed by atoms with Crippen LogP contribution in [-0.2, 0) is 0 Å². The number of nitrogen functional groups attached to an aromatic ring is 1. The molecule has 0 saturated heterocycles. The number of hydrogen-bond acceptors (Lipinski definition) is 7. The molecular weight excluding hydrogens is 408 g/mol. The van der Waals surface area contributed by atoms with Crippen molar-refractivity contribution in [2.45, 2.75) is 13.8 Å². The van der Waals surface area contributed by atoms with Crippen LogP contribution >= 0.6 is 0 Å². The second-order valence-electron chi connectivity index (χ2n) is 8.49. The lowest BCUT2D eigenvalue weighted by atomic mass is 9.98. The summed E-state index contributed by atoms with van der Waals surface area (Å²) in [7, 11) is 7.70. The number of nitro benzene ring substituents is 1. The van der Waals surface area contributed by atoms with E-state index < -0.39 is 4.92 Å². The van der Waals surface area contributed by atoms with E-state index in [0.29, 0.717) is 23.4 Å². The molecule has 2 rings (SSSR count). The summed E-state index contributed by atoms with van der Waals surface area (Å²) in [4.78, 5) is 38.0. The maximum atomic E-state index is 12.0. The summed E-state index contributed by atoms with van der Waals surface area (Å²) in [6.07, 6.45) is 0. The van der Waals surface area contributed by atoms with Crippen molar-refractivity contribution in [1.82, 2.24) is 9.80 Å². The van der Waals surface area contributed by atoms with Gasteiger partial charge in [0.25, 0.3) is 5.69 Å². The second kappa shape index (κ2) is 12.7. The first-order valence-corrected chi connectivity index (χ1v) is 10.4. The van der Waals surface area contributed by atoms with E-state index in [2.05, 4.69) is 0 Å². The molecule has 0 aliphatic carbocycles. The number of carbonyl (C=O) groups excluding carboxylic acids is 2. The van der Waals surface area contributed by atoms with Gasteiger partial charge in [-0.3, -0.25) is 19.7 Å². The highest BCUT2D eigenvalue weighted by Gasteiger charge is 2.18. The number of anilines is 1. The van der Waals surface area contributed by atoms with Crippen molar-refractivity contribution in [3.05, 3.63) is 69.8 Å². The van der Waals surface area contributed by atoms with Gasteiger partial charge in [0.1, 0.15) is 0 Å². The standard InChI is InChI=1S/C12H16N2O3.C12H18N2O/c1-9(8-13(2)3)12(15)10-5-4-6-11(7-10)14(16)17;1-9(8-14(2)3)12(15)10-5-4-6-11(13)7-10/h4-7,9H,8H2,1-3H3;4-7,9H,8,13H2,1-3H3/t2*9-/m11/s1. The second-order valence-corrected chi connectivity index (χ2v) is 8.49. The lowest BCUT2D eigenvalue weighted by Gasteiger charge is -2.15. The van der Waals surface area contributed by atoms with Gasteiger partial charge in [-0.1, -0.05) is 38.1 Å². The maximum absolute atomic E-state index is 12.0. The van der Waals surface area contributed by atoms with Crippen LogP contribution in [-0.4, -0.2) is 67.6 Å². The molecule has 2 atom stereocenters. The van der Waals surface area contributed by atoms with E-state index in [1.54, 1.807) is 18.2 Å². The van der Waals surface area contributed by atoms with Gasteiger partial charge in [-0.25, -0.2) is 0 Å². The molecule has 2 aromatic carbocycles. The van der Waals surface area contributed by atoms with Crippen LogP contribution in [0.2, 0.25) is 0 Å². The molecule has 0 radical (unpaired) electrons. The van der Waals surface area contributed by atoms with Crippen molar-refractivity contribution in [2.24, 2.45) is 11.8 Å². The van der Waals surface area contributed by atoms with Crippen molar-refractivity contribution in [2.75, 3.05) is 47.0 Å². The monoisotopic (exact) mass is 442 g/mol. The van der Waals surface area contributed by atoms with Crippen LogP contribution in [0, 0.1) is 22.0 Å². The third-order valence-corrected chi connectivity index (χ3v) is 4.69. The molecule has 32 heavy (non-hydrogen) atoms. The summed E-state index contributed by atoms with van der Waals surface area (Å²) in [5, 5.41) is 10.6. The summed E-state index contributed by atoms with van der Waals surface area (Å²) in [5.74, 6) is -0.0906. The van der Waals surface area contributed by atoms with Gasteiger partial charge in [-0.15, -0.1) is 0 Å². The summed E-state index contributed by atoms with van der Waals surface area (Å²) in [6, 6.07) is 13.0. The predicted molar refractivity (Wildman–Crippen MR) is 128 cm³/mol. The first-order chi connectivity index (χ1) is 14.9. The molecule has 0 bridgehead atoms. The Balaban J connectivity index is 0.000000323. The molecule has 174 valence electrons. The topological polar surface area (TPSA) is 110 Å². The smallest absolute Gasteiger partial charge is 0.270 e. The van der Waals surface area contributed by atoms with Crippen LogP contribution in [0.25, 0.3) is 0 Å². The highest BCUT2D eigenvalue weighted by molar-refractivity contribution is 5.98. The van der Waals surface area contributed by atoms with Gasteiger partial charge in [0, 0.05) is 53.9 Å². The number of rotatable bonds is 9. The van der Waals surface area contributed by atoms with Crippen LogP contribution in [0.5, 0.6) is 0 Å². The van der Waals surface area contributed by atoms with Gasteiger partial charge in [-0.05, 0) is 40.3 Å². The number of carbonyl (C=O) groups is 2. The lowest BCUT2D eigenvalue weighted by molar-refractivity contribution is -0.384. The normalized spacial score (nSPS) is 12.6. The lowest BCUT2D eigenvalue weighted by Crippen LogP contribution is -2.25. The van der Waals surface area contributed by atoms with E-state index in [9.17, 15) is 19.7 Å². The summed E-state index contributed by atoms with van der Waals surface area (Å²) >= 11 is 0. The Hall–Kier alpha value is -3.10. The zero-order valence-electron chi connectivity index (χ0n) is 19.7. The van der Waals surface area contributed by atoms with E-state index >= 15 is 0 Å². The van der Waals surface area contributed by atoms with Crippen LogP contribution in [0.4, 0.5) is 11.4 Å². The Kier molecular flexibility index (Phi) is 10.7. The summed E-state index contributed by atoms with van der Waals surface area (Å²) in [6.45, 7) is 5.14. The molecule has 0 spiro atoms. The highest BCUT2D eigenvalue weighted by Crippen LogP contribution is 2.17. The molecule has 0 fully saturated rings. The summed E-state index contributed by atoms with van der Waals surface area (Å²) < 4.78 is 0. The van der Waals surface area contributed by atoms with E-state index in [1.807, 2.05) is 64.0 Å².